The van der Waals surface area contributed by atoms with Crippen molar-refractivity contribution in [1.29, 1.82) is 0 Å². The van der Waals surface area contributed by atoms with Crippen LogP contribution in [-0.2, 0) is 14.8 Å². The van der Waals surface area contributed by atoms with Gasteiger partial charge in [-0.05, 0) is 37.5 Å². The van der Waals surface area contributed by atoms with Gasteiger partial charge in [0, 0.05) is 33.4 Å². The molecule has 1 aliphatic heterocycles. The third-order valence-electron chi connectivity index (χ3n) is 3.76. The van der Waals surface area contributed by atoms with Gasteiger partial charge in [-0.15, -0.1) is 0 Å². The third kappa shape index (κ3) is 4.43. The van der Waals surface area contributed by atoms with E-state index in [2.05, 4.69) is 4.72 Å². The van der Waals surface area contributed by atoms with Crippen molar-refractivity contribution in [2.75, 3.05) is 38.3 Å². The number of carboxylic acids is 1. The monoisotopic (exact) mass is 342 g/mol. The molecular formula is C15H22N2O5S. The molecule has 0 atom stereocenters. The molecule has 1 fully saturated rings. The van der Waals surface area contributed by atoms with Gasteiger partial charge in [0.1, 0.15) is 4.90 Å². The molecule has 23 heavy (non-hydrogen) atoms. The predicted molar refractivity (Wildman–Crippen MR) is 86.5 cm³/mol. The second-order valence-corrected chi connectivity index (χ2v) is 7.16. The highest BCUT2D eigenvalue weighted by atomic mass is 32.2. The number of nitrogens with one attached hydrogen (secondary N) is 1. The van der Waals surface area contributed by atoms with Crippen molar-refractivity contribution in [2.45, 2.75) is 24.2 Å². The molecule has 8 heteroatoms. The number of aromatic carboxylic acids is 1. The lowest BCUT2D eigenvalue weighted by atomic mass is 10.2. The summed E-state index contributed by atoms with van der Waals surface area (Å²) in [7, 11) is -2.22. The van der Waals surface area contributed by atoms with Gasteiger partial charge in [-0.25, -0.2) is 17.9 Å². The van der Waals surface area contributed by atoms with Gasteiger partial charge in [0.25, 0.3) is 0 Å². The maximum atomic E-state index is 12.6. The van der Waals surface area contributed by atoms with E-state index < -0.39 is 16.0 Å². The van der Waals surface area contributed by atoms with Gasteiger partial charge in [-0.3, -0.25) is 0 Å². The first-order valence-electron chi connectivity index (χ1n) is 7.56. The summed E-state index contributed by atoms with van der Waals surface area (Å²) in [6, 6.07) is 4.26. The Bertz CT molecular complexity index is 654. The van der Waals surface area contributed by atoms with Gasteiger partial charge < -0.3 is 14.7 Å². The predicted octanol–water partition coefficient (Wildman–Crippen LogP) is 1.30. The highest BCUT2D eigenvalue weighted by molar-refractivity contribution is 7.89. The molecule has 0 spiro atoms. The zero-order valence-electron chi connectivity index (χ0n) is 13.1. The number of rotatable bonds is 8. The van der Waals surface area contributed by atoms with Crippen LogP contribution >= 0.6 is 0 Å². The number of sulfonamides is 1. The first kappa shape index (κ1) is 17.7. The molecule has 128 valence electrons. The molecule has 1 heterocycles. The van der Waals surface area contributed by atoms with Crippen molar-refractivity contribution in [1.82, 2.24) is 4.72 Å². The fourth-order valence-electron chi connectivity index (χ4n) is 2.58. The van der Waals surface area contributed by atoms with Crippen LogP contribution < -0.4 is 9.62 Å². The van der Waals surface area contributed by atoms with E-state index in [9.17, 15) is 13.2 Å². The number of ether oxygens (including phenoxy) is 1. The Balaban J connectivity index is 2.32. The summed E-state index contributed by atoms with van der Waals surface area (Å²) in [5.41, 5.74) is 0.525. The Hall–Kier alpha value is -1.64. The minimum absolute atomic E-state index is 0.0247. The zero-order valence-corrected chi connectivity index (χ0v) is 13.9. The van der Waals surface area contributed by atoms with Gasteiger partial charge >= 0.3 is 5.97 Å². The van der Waals surface area contributed by atoms with Gasteiger partial charge in [0.05, 0.1) is 11.3 Å². The van der Waals surface area contributed by atoms with E-state index >= 15 is 0 Å². The van der Waals surface area contributed by atoms with Gasteiger partial charge in [0.2, 0.25) is 10.0 Å². The van der Waals surface area contributed by atoms with E-state index in [1.807, 2.05) is 4.90 Å². The number of hydrogen-bond acceptors (Lipinski definition) is 5. The standard InChI is InChI=1S/C15H22N2O5S/c1-22-10-4-7-16-23(20,21)14-11-12(15(18)19)5-6-13(14)17-8-2-3-9-17/h5-6,11,16H,2-4,7-10H2,1H3,(H,18,19). The average Bonchev–Trinajstić information content (AvgIpc) is 3.05. The maximum absolute atomic E-state index is 12.6. The minimum Gasteiger partial charge on any atom is -0.478 e. The van der Waals surface area contributed by atoms with Crippen molar-refractivity contribution in [3.8, 4) is 0 Å². The fraction of sp³-hybridized carbons (Fsp3) is 0.533. The molecule has 1 aliphatic rings. The smallest absolute Gasteiger partial charge is 0.335 e. The Kier molecular flexibility index (Phi) is 5.97. The normalized spacial score (nSPS) is 15.1. The molecule has 0 saturated carbocycles. The number of hydrogen-bond donors (Lipinski definition) is 2. The van der Waals surface area contributed by atoms with Crippen LogP contribution in [0.4, 0.5) is 5.69 Å². The average molecular weight is 342 g/mol. The van der Waals surface area contributed by atoms with Crippen molar-refractivity contribution in [3.05, 3.63) is 23.8 Å². The van der Waals surface area contributed by atoms with Crippen LogP contribution in [0, 0.1) is 0 Å². The molecule has 1 aromatic rings. The van der Waals surface area contributed by atoms with Crippen LogP contribution in [0.25, 0.3) is 0 Å². The van der Waals surface area contributed by atoms with Crippen molar-refractivity contribution in [2.24, 2.45) is 0 Å². The van der Waals surface area contributed by atoms with E-state index in [-0.39, 0.29) is 17.0 Å². The number of methoxy groups -OCH3 is 1. The molecule has 7 nitrogen and oxygen atoms in total. The molecule has 2 N–H and O–H groups in total. The van der Waals surface area contributed by atoms with Crippen LogP contribution in [0.2, 0.25) is 0 Å². The summed E-state index contributed by atoms with van der Waals surface area (Å²) in [5, 5.41) is 9.13. The van der Waals surface area contributed by atoms with Gasteiger partial charge in [0.15, 0.2) is 0 Å². The number of nitrogens with zero attached hydrogens (tertiary/aromatic N) is 1. The summed E-state index contributed by atoms with van der Waals surface area (Å²) in [6.45, 7) is 2.25. The Labute approximate surface area is 136 Å². The summed E-state index contributed by atoms with van der Waals surface area (Å²) >= 11 is 0. The second kappa shape index (κ2) is 7.76. The second-order valence-electron chi connectivity index (χ2n) is 5.43. The lowest BCUT2D eigenvalue weighted by Crippen LogP contribution is -2.29. The van der Waals surface area contributed by atoms with Gasteiger partial charge in [-0.1, -0.05) is 0 Å². The molecule has 0 bridgehead atoms. The molecule has 0 aromatic heterocycles. The summed E-state index contributed by atoms with van der Waals surface area (Å²) < 4.78 is 32.6. The number of carboxylic acid groups (broad SMARTS) is 1. The molecule has 1 saturated heterocycles. The van der Waals surface area contributed by atoms with E-state index in [0.29, 0.717) is 18.7 Å². The van der Waals surface area contributed by atoms with Crippen LogP contribution in [0.5, 0.6) is 0 Å². The first-order valence-corrected chi connectivity index (χ1v) is 9.05. The minimum atomic E-state index is -3.78. The van der Waals surface area contributed by atoms with E-state index in [4.69, 9.17) is 9.84 Å². The summed E-state index contributed by atoms with van der Waals surface area (Å²) in [4.78, 5) is 13.2. The topological polar surface area (TPSA) is 95.9 Å². The Morgan fingerprint density at radius 1 is 1.35 bits per heavy atom. The fourth-order valence-corrected chi connectivity index (χ4v) is 3.91. The summed E-state index contributed by atoms with van der Waals surface area (Å²) in [5.74, 6) is -1.14. The van der Waals surface area contributed by atoms with Crippen LogP contribution in [0.15, 0.2) is 23.1 Å². The third-order valence-corrected chi connectivity index (χ3v) is 5.25. The van der Waals surface area contributed by atoms with Crippen molar-refractivity contribution < 1.29 is 23.1 Å². The number of carbonyl (C=O) groups is 1. The molecule has 0 radical (unpaired) electrons. The molecule has 0 unspecified atom stereocenters. The highest BCUT2D eigenvalue weighted by Gasteiger charge is 2.25. The number of benzene rings is 1. The largest absolute Gasteiger partial charge is 0.478 e. The van der Waals surface area contributed by atoms with E-state index in [1.165, 1.54) is 12.1 Å². The zero-order chi connectivity index (χ0) is 16.9. The SMILES string of the molecule is COCCCNS(=O)(=O)c1cc(C(=O)O)ccc1N1CCCC1. The number of anilines is 1. The van der Waals surface area contributed by atoms with Gasteiger partial charge in [-0.2, -0.15) is 0 Å². The van der Waals surface area contributed by atoms with E-state index in [0.717, 1.165) is 25.9 Å². The lowest BCUT2D eigenvalue weighted by molar-refractivity contribution is 0.0696. The Morgan fingerprint density at radius 2 is 2.04 bits per heavy atom. The summed E-state index contributed by atoms with van der Waals surface area (Å²) in [6.07, 6.45) is 2.55. The van der Waals surface area contributed by atoms with Crippen LogP contribution in [-0.4, -0.2) is 52.8 Å². The van der Waals surface area contributed by atoms with Crippen molar-refractivity contribution in [3.63, 3.8) is 0 Å². The molecule has 0 amide bonds. The molecule has 1 aromatic carbocycles. The van der Waals surface area contributed by atoms with Crippen LogP contribution in [0.1, 0.15) is 29.6 Å². The molecule has 2 rings (SSSR count). The maximum Gasteiger partial charge on any atom is 0.335 e. The van der Waals surface area contributed by atoms with E-state index in [1.54, 1.807) is 13.2 Å². The Morgan fingerprint density at radius 3 is 2.65 bits per heavy atom. The first-order chi connectivity index (χ1) is 11.0. The van der Waals surface area contributed by atoms with Crippen LogP contribution in [0.3, 0.4) is 0 Å². The lowest BCUT2D eigenvalue weighted by Gasteiger charge is -2.21. The molecular weight excluding hydrogens is 320 g/mol. The molecule has 0 aliphatic carbocycles. The quantitative estimate of drug-likeness (QED) is 0.691. The van der Waals surface area contributed by atoms with Crippen molar-refractivity contribution >= 4 is 21.7 Å². The highest BCUT2D eigenvalue weighted by Crippen LogP contribution is 2.29.